The zero-order valence-corrected chi connectivity index (χ0v) is 18.6. The minimum atomic E-state index is -0.129. The van der Waals surface area contributed by atoms with E-state index in [2.05, 4.69) is 20.7 Å². The van der Waals surface area contributed by atoms with Crippen molar-refractivity contribution < 1.29 is 4.39 Å². The molecule has 29 heavy (non-hydrogen) atoms. The molecule has 0 bridgehead atoms. The maximum absolute atomic E-state index is 14.2. The summed E-state index contributed by atoms with van der Waals surface area (Å²) in [6.45, 7) is 1.22. The highest BCUT2D eigenvalue weighted by Crippen LogP contribution is 2.48. The molecule has 1 aliphatic carbocycles. The molecule has 1 saturated carbocycles. The number of rotatable bonds is 6. The lowest BCUT2D eigenvalue weighted by Crippen LogP contribution is -2.41. The van der Waals surface area contributed by atoms with Crippen LogP contribution in [-0.2, 0) is 12.0 Å². The van der Waals surface area contributed by atoms with E-state index in [1.54, 1.807) is 13.1 Å². The largest absolute Gasteiger partial charge is 0.356 e. The number of hydrogen-bond donors (Lipinski definition) is 2. The SMILES string of the molecule is CN=C(NCc1ccn(-c2ccccc2)n1)NCC1(c2ccccc2F)CC1.I. The number of para-hydroxylation sites is 1. The molecule has 0 aliphatic heterocycles. The Morgan fingerprint density at radius 2 is 1.79 bits per heavy atom. The summed E-state index contributed by atoms with van der Waals surface area (Å²) in [7, 11) is 1.74. The van der Waals surface area contributed by atoms with Gasteiger partial charge in [0, 0.05) is 25.2 Å². The van der Waals surface area contributed by atoms with E-state index in [9.17, 15) is 4.39 Å². The van der Waals surface area contributed by atoms with E-state index in [4.69, 9.17) is 0 Å². The van der Waals surface area contributed by atoms with Gasteiger partial charge < -0.3 is 10.6 Å². The Hall–Kier alpha value is -2.42. The molecule has 3 aromatic rings. The molecule has 1 aliphatic rings. The normalized spacial score (nSPS) is 14.8. The maximum Gasteiger partial charge on any atom is 0.191 e. The molecule has 1 heterocycles. The van der Waals surface area contributed by atoms with E-state index in [1.807, 2.05) is 59.4 Å². The molecule has 7 heteroatoms. The molecule has 152 valence electrons. The zero-order valence-electron chi connectivity index (χ0n) is 16.3. The molecule has 2 aromatic carbocycles. The van der Waals surface area contributed by atoms with Crippen LogP contribution in [0.25, 0.3) is 5.69 Å². The molecular weight excluding hydrogens is 480 g/mol. The first-order valence-electron chi connectivity index (χ1n) is 9.50. The monoisotopic (exact) mass is 505 g/mol. The van der Waals surface area contributed by atoms with Gasteiger partial charge in [-0.3, -0.25) is 4.99 Å². The number of halogens is 2. The van der Waals surface area contributed by atoms with Gasteiger partial charge >= 0.3 is 0 Å². The summed E-state index contributed by atoms with van der Waals surface area (Å²) in [5, 5.41) is 11.2. The summed E-state index contributed by atoms with van der Waals surface area (Å²) < 4.78 is 16.0. The summed E-state index contributed by atoms with van der Waals surface area (Å²) in [6, 6.07) is 19.0. The second-order valence-corrected chi connectivity index (χ2v) is 7.13. The molecule has 1 fully saturated rings. The molecule has 1 aromatic heterocycles. The summed E-state index contributed by atoms with van der Waals surface area (Å²) >= 11 is 0. The van der Waals surface area contributed by atoms with Gasteiger partial charge in [-0.1, -0.05) is 36.4 Å². The Morgan fingerprint density at radius 3 is 2.48 bits per heavy atom. The Balaban J connectivity index is 0.00000240. The van der Waals surface area contributed by atoms with E-state index >= 15 is 0 Å². The van der Waals surface area contributed by atoms with Crippen molar-refractivity contribution in [3.8, 4) is 5.69 Å². The first-order valence-corrected chi connectivity index (χ1v) is 9.50. The molecule has 0 radical (unpaired) electrons. The number of hydrogen-bond acceptors (Lipinski definition) is 2. The molecule has 0 unspecified atom stereocenters. The lowest BCUT2D eigenvalue weighted by atomic mass is 9.95. The van der Waals surface area contributed by atoms with Crippen LogP contribution in [0.2, 0.25) is 0 Å². The van der Waals surface area contributed by atoms with Gasteiger partial charge in [0.05, 0.1) is 17.9 Å². The van der Waals surface area contributed by atoms with Crippen LogP contribution in [0.15, 0.2) is 71.9 Å². The summed E-state index contributed by atoms with van der Waals surface area (Å²) in [4.78, 5) is 4.28. The third-order valence-corrected chi connectivity index (χ3v) is 5.22. The topological polar surface area (TPSA) is 54.2 Å². The quantitative estimate of drug-likeness (QED) is 0.302. The third-order valence-electron chi connectivity index (χ3n) is 5.22. The van der Waals surface area contributed by atoms with E-state index in [1.165, 1.54) is 6.07 Å². The second kappa shape index (κ2) is 9.39. The number of nitrogens with one attached hydrogen (secondary N) is 2. The van der Waals surface area contributed by atoms with E-state index in [0.717, 1.165) is 29.8 Å². The fourth-order valence-corrected chi connectivity index (χ4v) is 3.41. The molecule has 2 N–H and O–H groups in total. The number of aromatic nitrogens is 2. The Morgan fingerprint density at radius 1 is 1.07 bits per heavy atom. The molecule has 4 rings (SSSR count). The second-order valence-electron chi connectivity index (χ2n) is 7.13. The van der Waals surface area contributed by atoms with Crippen LogP contribution in [0.5, 0.6) is 0 Å². The van der Waals surface area contributed by atoms with Gasteiger partial charge in [0.15, 0.2) is 5.96 Å². The van der Waals surface area contributed by atoms with E-state index in [0.29, 0.717) is 19.0 Å². The van der Waals surface area contributed by atoms with Gasteiger partial charge in [-0.05, 0) is 42.7 Å². The number of aliphatic imine (C=N–C) groups is 1. The molecule has 0 atom stereocenters. The van der Waals surface area contributed by atoms with Crippen LogP contribution >= 0.6 is 24.0 Å². The number of benzene rings is 2. The Kier molecular flexibility index (Phi) is 6.89. The minimum Gasteiger partial charge on any atom is -0.356 e. The lowest BCUT2D eigenvalue weighted by molar-refractivity contribution is 0.559. The van der Waals surface area contributed by atoms with Crippen LogP contribution in [-0.4, -0.2) is 29.3 Å². The highest BCUT2D eigenvalue weighted by molar-refractivity contribution is 14.0. The summed E-state index contributed by atoms with van der Waals surface area (Å²) in [6.07, 6.45) is 3.92. The zero-order chi connectivity index (χ0) is 19.4. The summed E-state index contributed by atoms with van der Waals surface area (Å²) in [5.74, 6) is 0.563. The highest BCUT2D eigenvalue weighted by atomic mass is 127. The first kappa shape index (κ1) is 21.3. The van der Waals surface area contributed by atoms with Crippen molar-refractivity contribution >= 4 is 29.9 Å². The average molecular weight is 505 g/mol. The highest BCUT2D eigenvalue weighted by Gasteiger charge is 2.45. The van der Waals surface area contributed by atoms with Crippen molar-refractivity contribution in [2.45, 2.75) is 24.8 Å². The Bertz CT molecular complexity index is 966. The van der Waals surface area contributed by atoms with Crippen molar-refractivity contribution in [1.29, 1.82) is 0 Å². The van der Waals surface area contributed by atoms with Crippen molar-refractivity contribution in [1.82, 2.24) is 20.4 Å². The third kappa shape index (κ3) is 4.95. The van der Waals surface area contributed by atoms with Crippen LogP contribution in [0.1, 0.15) is 24.1 Å². The average Bonchev–Trinajstić information content (AvgIpc) is 3.37. The van der Waals surface area contributed by atoms with Crippen molar-refractivity contribution in [2.75, 3.05) is 13.6 Å². The Labute approximate surface area is 187 Å². The number of nitrogens with zero attached hydrogens (tertiary/aromatic N) is 3. The van der Waals surface area contributed by atoms with Gasteiger partial charge in [-0.25, -0.2) is 9.07 Å². The van der Waals surface area contributed by atoms with E-state index in [-0.39, 0.29) is 35.2 Å². The summed E-state index contributed by atoms with van der Waals surface area (Å²) in [5.41, 5.74) is 2.61. The van der Waals surface area contributed by atoms with Crippen LogP contribution in [0.4, 0.5) is 4.39 Å². The smallest absolute Gasteiger partial charge is 0.191 e. The van der Waals surface area contributed by atoms with Crippen molar-refractivity contribution in [3.63, 3.8) is 0 Å². The fraction of sp³-hybridized carbons (Fsp3) is 0.273. The molecular formula is C22H25FIN5. The van der Waals surface area contributed by atoms with Gasteiger partial charge in [0.2, 0.25) is 0 Å². The standard InChI is InChI=1S/C22H24FN5.HI/c1-24-21(26-16-22(12-13-22)19-9-5-6-10-20(19)23)25-15-17-11-14-28(27-17)18-7-3-2-4-8-18;/h2-11,14H,12-13,15-16H2,1H3,(H2,24,25,26);1H. The van der Waals surface area contributed by atoms with Crippen LogP contribution in [0.3, 0.4) is 0 Å². The van der Waals surface area contributed by atoms with Crippen LogP contribution in [0, 0.1) is 5.82 Å². The van der Waals surface area contributed by atoms with Gasteiger partial charge in [0.25, 0.3) is 0 Å². The van der Waals surface area contributed by atoms with Crippen LogP contribution < -0.4 is 10.6 Å². The van der Waals surface area contributed by atoms with Gasteiger partial charge in [-0.15, -0.1) is 24.0 Å². The maximum atomic E-state index is 14.2. The van der Waals surface area contributed by atoms with Crippen molar-refractivity contribution in [2.24, 2.45) is 4.99 Å². The molecule has 0 amide bonds. The predicted octanol–water partition coefficient (Wildman–Crippen LogP) is 4.03. The predicted molar refractivity (Wildman–Crippen MR) is 124 cm³/mol. The molecule has 5 nitrogen and oxygen atoms in total. The van der Waals surface area contributed by atoms with Gasteiger partial charge in [0.1, 0.15) is 5.82 Å². The lowest BCUT2D eigenvalue weighted by Gasteiger charge is -2.19. The minimum absolute atomic E-state index is 0. The van der Waals surface area contributed by atoms with E-state index < -0.39 is 0 Å². The molecule has 0 saturated heterocycles. The van der Waals surface area contributed by atoms with Crippen molar-refractivity contribution in [3.05, 3.63) is 83.9 Å². The molecule has 0 spiro atoms. The number of guanidine groups is 1. The first-order chi connectivity index (χ1) is 13.7. The fourth-order valence-electron chi connectivity index (χ4n) is 3.41. The van der Waals surface area contributed by atoms with Gasteiger partial charge in [-0.2, -0.15) is 5.10 Å².